The summed E-state index contributed by atoms with van der Waals surface area (Å²) in [7, 11) is 0. The van der Waals surface area contributed by atoms with E-state index in [1.807, 2.05) is 0 Å². The molecule has 0 saturated carbocycles. The monoisotopic (exact) mass is 377 g/mol. The number of halogens is 2. The fraction of sp³-hybridized carbons (Fsp3) is 0.111. The lowest BCUT2D eigenvalue weighted by atomic mass is 10.0. The summed E-state index contributed by atoms with van der Waals surface area (Å²) in [6, 6.07) is 7.87. The van der Waals surface area contributed by atoms with Gasteiger partial charge in [-0.1, -0.05) is 17.7 Å². The number of rotatable bonds is 5. The normalized spacial score (nSPS) is 11.6. The second-order valence-electron chi connectivity index (χ2n) is 4.99. The van der Waals surface area contributed by atoms with Gasteiger partial charge in [-0.2, -0.15) is 0 Å². The zero-order valence-electron chi connectivity index (χ0n) is 13.2. The van der Waals surface area contributed by atoms with E-state index in [2.05, 4.69) is 4.98 Å². The first-order valence-corrected chi connectivity index (χ1v) is 8.60. The quantitative estimate of drug-likeness (QED) is 0.447. The Morgan fingerprint density at radius 3 is 2.88 bits per heavy atom. The molecule has 3 aromatic rings. The summed E-state index contributed by atoms with van der Waals surface area (Å²) in [6.07, 6.45) is 4.21. The van der Waals surface area contributed by atoms with Crippen molar-refractivity contribution in [1.29, 1.82) is 0 Å². The molecule has 128 valence electrons. The number of nitrogens with zero attached hydrogens (tertiary/aromatic N) is 1. The standard InChI is InChI=1S/C18H13ClFNO3S/c1-2-24-18(22)13(8-12-9-23-10-21-12)11-3-4-15(20)14(7-11)16-5-6-17(19)25-16/h3-10H,2H2,1H3. The molecule has 0 aliphatic rings. The van der Waals surface area contributed by atoms with Gasteiger partial charge in [0.2, 0.25) is 0 Å². The molecule has 4 nitrogen and oxygen atoms in total. The Morgan fingerprint density at radius 2 is 2.24 bits per heavy atom. The van der Waals surface area contributed by atoms with Crippen molar-refractivity contribution in [2.75, 3.05) is 6.61 Å². The Kier molecular flexibility index (Phi) is 5.31. The summed E-state index contributed by atoms with van der Waals surface area (Å²) in [6.45, 7) is 1.94. The van der Waals surface area contributed by atoms with Crippen molar-refractivity contribution < 1.29 is 18.3 Å². The van der Waals surface area contributed by atoms with Crippen LogP contribution >= 0.6 is 22.9 Å². The average molecular weight is 378 g/mol. The highest BCUT2D eigenvalue weighted by Crippen LogP contribution is 2.34. The van der Waals surface area contributed by atoms with E-state index < -0.39 is 11.8 Å². The van der Waals surface area contributed by atoms with Gasteiger partial charge in [0, 0.05) is 10.4 Å². The van der Waals surface area contributed by atoms with Crippen molar-refractivity contribution in [2.24, 2.45) is 0 Å². The van der Waals surface area contributed by atoms with E-state index in [-0.39, 0.29) is 12.2 Å². The summed E-state index contributed by atoms with van der Waals surface area (Å²) in [5.41, 5.74) is 1.61. The number of ether oxygens (including phenoxy) is 1. The molecule has 2 aromatic heterocycles. The van der Waals surface area contributed by atoms with Gasteiger partial charge in [-0.25, -0.2) is 14.2 Å². The SMILES string of the molecule is CCOC(=O)C(=Cc1cocn1)c1ccc(F)c(-c2ccc(Cl)s2)c1. The fourth-order valence-electron chi connectivity index (χ4n) is 2.25. The van der Waals surface area contributed by atoms with Crippen LogP contribution in [-0.2, 0) is 9.53 Å². The van der Waals surface area contributed by atoms with Crippen LogP contribution in [0.2, 0.25) is 4.34 Å². The van der Waals surface area contributed by atoms with Crippen LogP contribution in [0.5, 0.6) is 0 Å². The summed E-state index contributed by atoms with van der Waals surface area (Å²) in [5.74, 6) is -0.917. The minimum Gasteiger partial charge on any atom is -0.462 e. The number of benzene rings is 1. The molecule has 0 unspecified atom stereocenters. The average Bonchev–Trinajstić information content (AvgIpc) is 3.25. The molecule has 0 aliphatic heterocycles. The lowest BCUT2D eigenvalue weighted by molar-refractivity contribution is -0.136. The molecule has 25 heavy (non-hydrogen) atoms. The van der Waals surface area contributed by atoms with E-state index >= 15 is 0 Å². The number of aromatic nitrogens is 1. The number of carbonyl (C=O) groups excluding carboxylic acids is 1. The van der Waals surface area contributed by atoms with Gasteiger partial charge in [-0.15, -0.1) is 11.3 Å². The number of hydrogen-bond acceptors (Lipinski definition) is 5. The molecule has 2 heterocycles. The summed E-state index contributed by atoms with van der Waals surface area (Å²) >= 11 is 7.21. The van der Waals surface area contributed by atoms with Gasteiger partial charge in [0.05, 0.1) is 16.5 Å². The summed E-state index contributed by atoms with van der Waals surface area (Å²) in [5, 5.41) is 0. The lowest BCUT2D eigenvalue weighted by Crippen LogP contribution is -2.07. The van der Waals surface area contributed by atoms with Crippen molar-refractivity contribution in [3.63, 3.8) is 0 Å². The molecule has 0 radical (unpaired) electrons. The van der Waals surface area contributed by atoms with Crippen LogP contribution in [0.3, 0.4) is 0 Å². The molecular weight excluding hydrogens is 365 g/mol. The Balaban J connectivity index is 2.08. The van der Waals surface area contributed by atoms with Gasteiger partial charge in [0.25, 0.3) is 0 Å². The van der Waals surface area contributed by atoms with E-state index in [9.17, 15) is 9.18 Å². The van der Waals surface area contributed by atoms with Crippen molar-refractivity contribution >= 4 is 40.6 Å². The van der Waals surface area contributed by atoms with Gasteiger partial charge in [0.1, 0.15) is 17.8 Å². The van der Waals surface area contributed by atoms with Gasteiger partial charge < -0.3 is 9.15 Å². The van der Waals surface area contributed by atoms with Crippen molar-refractivity contribution in [1.82, 2.24) is 4.98 Å². The third-order valence-electron chi connectivity index (χ3n) is 3.36. The van der Waals surface area contributed by atoms with Crippen molar-refractivity contribution in [3.05, 3.63) is 64.4 Å². The largest absolute Gasteiger partial charge is 0.462 e. The Hall–Kier alpha value is -2.44. The fourth-order valence-corrected chi connectivity index (χ4v) is 3.31. The van der Waals surface area contributed by atoms with E-state index in [1.165, 1.54) is 36.1 Å². The summed E-state index contributed by atoms with van der Waals surface area (Å²) in [4.78, 5) is 17.0. The van der Waals surface area contributed by atoms with Gasteiger partial charge in [0.15, 0.2) is 6.39 Å². The van der Waals surface area contributed by atoms with Crippen LogP contribution in [0.1, 0.15) is 18.2 Å². The molecule has 0 spiro atoms. The maximum Gasteiger partial charge on any atom is 0.338 e. The van der Waals surface area contributed by atoms with Crippen LogP contribution in [0, 0.1) is 5.82 Å². The van der Waals surface area contributed by atoms with E-state index in [0.717, 1.165) is 0 Å². The third-order valence-corrected chi connectivity index (χ3v) is 4.62. The highest BCUT2D eigenvalue weighted by molar-refractivity contribution is 7.19. The van der Waals surface area contributed by atoms with Crippen LogP contribution < -0.4 is 0 Å². The number of oxazole rings is 1. The van der Waals surface area contributed by atoms with Crippen LogP contribution in [-0.4, -0.2) is 17.6 Å². The van der Waals surface area contributed by atoms with Crippen LogP contribution in [0.4, 0.5) is 4.39 Å². The van der Waals surface area contributed by atoms with Gasteiger partial charge in [-0.05, 0) is 42.8 Å². The molecule has 0 saturated heterocycles. The summed E-state index contributed by atoms with van der Waals surface area (Å²) < 4.78 is 24.8. The highest BCUT2D eigenvalue weighted by atomic mass is 35.5. The van der Waals surface area contributed by atoms with E-state index in [4.69, 9.17) is 20.8 Å². The van der Waals surface area contributed by atoms with Crippen LogP contribution in [0.25, 0.3) is 22.1 Å². The Labute approximate surface area is 152 Å². The third kappa shape index (κ3) is 3.97. The molecule has 0 fully saturated rings. The number of thiophene rings is 1. The zero-order chi connectivity index (χ0) is 17.8. The Bertz CT molecular complexity index is 918. The molecule has 0 amide bonds. The molecule has 3 rings (SSSR count). The smallest absolute Gasteiger partial charge is 0.338 e. The highest BCUT2D eigenvalue weighted by Gasteiger charge is 2.17. The lowest BCUT2D eigenvalue weighted by Gasteiger charge is -2.09. The minimum atomic E-state index is -0.521. The van der Waals surface area contributed by atoms with Crippen LogP contribution in [0.15, 0.2) is 47.4 Å². The molecule has 1 aromatic carbocycles. The van der Waals surface area contributed by atoms with Gasteiger partial charge in [-0.3, -0.25) is 0 Å². The predicted octanol–water partition coefficient (Wildman–Crippen LogP) is 5.30. The number of carbonyl (C=O) groups is 1. The molecular formula is C18H13ClFNO3S. The molecule has 0 atom stereocenters. The molecule has 0 aliphatic carbocycles. The van der Waals surface area contributed by atoms with Gasteiger partial charge >= 0.3 is 5.97 Å². The van der Waals surface area contributed by atoms with E-state index in [0.29, 0.717) is 26.0 Å². The minimum absolute atomic E-state index is 0.226. The Morgan fingerprint density at radius 1 is 1.40 bits per heavy atom. The second kappa shape index (κ2) is 7.63. The first-order chi connectivity index (χ1) is 12.1. The molecule has 7 heteroatoms. The molecule has 0 bridgehead atoms. The predicted molar refractivity (Wildman–Crippen MR) is 95.7 cm³/mol. The first kappa shape index (κ1) is 17.4. The van der Waals surface area contributed by atoms with E-state index in [1.54, 1.807) is 31.2 Å². The van der Waals surface area contributed by atoms with Crippen molar-refractivity contribution in [2.45, 2.75) is 6.92 Å². The topological polar surface area (TPSA) is 52.3 Å². The number of esters is 1. The number of hydrogen-bond donors (Lipinski definition) is 0. The maximum absolute atomic E-state index is 14.3. The van der Waals surface area contributed by atoms with Crippen molar-refractivity contribution in [3.8, 4) is 10.4 Å². The molecule has 0 N–H and O–H groups in total. The zero-order valence-corrected chi connectivity index (χ0v) is 14.7. The first-order valence-electron chi connectivity index (χ1n) is 7.41. The second-order valence-corrected chi connectivity index (χ2v) is 6.71. The maximum atomic E-state index is 14.3.